The number of anilines is 1. The molecule has 0 aromatic carbocycles. The molecule has 1 heterocycles. The summed E-state index contributed by atoms with van der Waals surface area (Å²) >= 11 is 1.22. The largest absolute Gasteiger partial charge is 0.377 e. The van der Waals surface area contributed by atoms with Gasteiger partial charge in [0.15, 0.2) is 0 Å². The average Bonchev–Trinajstić information content (AvgIpc) is 2.75. The molecule has 1 atom stereocenters. The summed E-state index contributed by atoms with van der Waals surface area (Å²) in [7, 11) is 1.61. The van der Waals surface area contributed by atoms with E-state index in [2.05, 4.69) is 4.90 Å². The monoisotopic (exact) mass is 258 g/mol. The minimum absolute atomic E-state index is 0.129. The molecule has 0 aliphatic heterocycles. The number of rotatable bonds is 6. The van der Waals surface area contributed by atoms with Crippen molar-refractivity contribution in [2.24, 2.45) is 0 Å². The van der Waals surface area contributed by atoms with Crippen LogP contribution in [0.1, 0.15) is 32.4 Å². The van der Waals surface area contributed by atoms with E-state index in [1.54, 1.807) is 13.2 Å². The quantitative estimate of drug-likeness (QED) is 0.580. The molecule has 0 radical (unpaired) electrons. The minimum atomic E-state index is -0.344. The zero-order valence-electron chi connectivity index (χ0n) is 10.6. The van der Waals surface area contributed by atoms with Crippen molar-refractivity contribution in [2.45, 2.75) is 26.9 Å². The summed E-state index contributed by atoms with van der Waals surface area (Å²) in [5, 5.41) is 11.9. The van der Waals surface area contributed by atoms with E-state index < -0.39 is 0 Å². The van der Waals surface area contributed by atoms with E-state index in [4.69, 9.17) is 4.74 Å². The second-order valence-electron chi connectivity index (χ2n) is 3.65. The molecular weight excluding hydrogens is 240 g/mol. The molecule has 0 aliphatic rings. The normalized spacial score (nSPS) is 12.5. The standard InChI is InChI=1S/C11H18N2O3S/c1-5-12(6-2)11-9(8(3)16-4)7-10(17-11)13(14)15/h7-8H,5-6H2,1-4H3. The van der Waals surface area contributed by atoms with E-state index in [0.29, 0.717) is 0 Å². The number of nitro groups is 1. The van der Waals surface area contributed by atoms with Gasteiger partial charge in [-0.15, -0.1) is 0 Å². The molecule has 6 heteroatoms. The highest BCUT2D eigenvalue weighted by atomic mass is 32.1. The smallest absolute Gasteiger partial charge is 0.326 e. The third-order valence-electron chi connectivity index (χ3n) is 2.75. The highest BCUT2D eigenvalue weighted by Crippen LogP contribution is 2.40. The Hall–Kier alpha value is -1.14. The Morgan fingerprint density at radius 3 is 2.53 bits per heavy atom. The van der Waals surface area contributed by atoms with Crippen LogP contribution in [-0.2, 0) is 4.74 Å². The van der Waals surface area contributed by atoms with Crippen LogP contribution in [0.4, 0.5) is 10.0 Å². The van der Waals surface area contributed by atoms with E-state index in [9.17, 15) is 10.1 Å². The Labute approximate surface area is 105 Å². The second kappa shape index (κ2) is 5.97. The van der Waals surface area contributed by atoms with Crippen molar-refractivity contribution in [3.63, 3.8) is 0 Å². The van der Waals surface area contributed by atoms with Crippen molar-refractivity contribution >= 4 is 21.3 Å². The number of thiophene rings is 1. The summed E-state index contributed by atoms with van der Waals surface area (Å²) in [6.45, 7) is 7.64. The Balaban J connectivity index is 3.20. The lowest BCUT2D eigenvalue weighted by molar-refractivity contribution is -0.380. The molecule has 0 bridgehead atoms. The van der Waals surface area contributed by atoms with Crippen molar-refractivity contribution in [3.05, 3.63) is 21.7 Å². The third kappa shape index (κ3) is 2.95. The molecule has 1 aromatic rings. The summed E-state index contributed by atoms with van der Waals surface area (Å²) in [6.07, 6.45) is -0.129. The Morgan fingerprint density at radius 1 is 1.53 bits per heavy atom. The first-order valence-corrected chi connectivity index (χ1v) is 6.42. The predicted octanol–water partition coefficient (Wildman–Crippen LogP) is 3.21. The van der Waals surface area contributed by atoms with E-state index in [-0.39, 0.29) is 16.0 Å². The summed E-state index contributed by atoms with van der Waals surface area (Å²) < 4.78 is 5.27. The maximum Gasteiger partial charge on any atom is 0.326 e. The third-order valence-corrected chi connectivity index (χ3v) is 3.91. The topological polar surface area (TPSA) is 55.6 Å². The summed E-state index contributed by atoms with van der Waals surface area (Å²) in [4.78, 5) is 12.6. The van der Waals surface area contributed by atoms with Crippen LogP contribution in [0.25, 0.3) is 0 Å². The molecule has 0 amide bonds. The molecule has 0 spiro atoms. The molecule has 17 heavy (non-hydrogen) atoms. The molecule has 1 rings (SSSR count). The molecule has 5 nitrogen and oxygen atoms in total. The van der Waals surface area contributed by atoms with Gasteiger partial charge in [0.1, 0.15) is 5.00 Å². The van der Waals surface area contributed by atoms with E-state index in [1.807, 2.05) is 20.8 Å². The van der Waals surface area contributed by atoms with Crippen molar-refractivity contribution in [3.8, 4) is 0 Å². The number of ether oxygens (including phenoxy) is 1. The lowest BCUT2D eigenvalue weighted by Gasteiger charge is -2.22. The molecule has 0 saturated carbocycles. The van der Waals surface area contributed by atoms with E-state index in [0.717, 1.165) is 23.7 Å². The van der Waals surface area contributed by atoms with Crippen LogP contribution in [0.2, 0.25) is 0 Å². The summed E-state index contributed by atoms with van der Waals surface area (Å²) in [6, 6.07) is 1.62. The van der Waals surface area contributed by atoms with Crippen LogP contribution in [0.5, 0.6) is 0 Å². The van der Waals surface area contributed by atoms with Crippen LogP contribution in [-0.4, -0.2) is 25.1 Å². The Morgan fingerprint density at radius 2 is 2.12 bits per heavy atom. The van der Waals surface area contributed by atoms with Gasteiger partial charge in [-0.2, -0.15) is 0 Å². The van der Waals surface area contributed by atoms with Crippen molar-refractivity contribution in [2.75, 3.05) is 25.1 Å². The molecule has 0 N–H and O–H groups in total. The van der Waals surface area contributed by atoms with E-state index >= 15 is 0 Å². The zero-order chi connectivity index (χ0) is 13.0. The molecule has 96 valence electrons. The molecule has 1 aromatic heterocycles. The Kier molecular flexibility index (Phi) is 4.89. The lowest BCUT2D eigenvalue weighted by atomic mass is 10.2. The van der Waals surface area contributed by atoms with Gasteiger partial charge in [0, 0.05) is 31.8 Å². The van der Waals surface area contributed by atoms with E-state index in [1.165, 1.54) is 11.3 Å². The maximum absolute atomic E-state index is 10.8. The second-order valence-corrected chi connectivity index (χ2v) is 4.66. The van der Waals surface area contributed by atoms with Crippen LogP contribution >= 0.6 is 11.3 Å². The van der Waals surface area contributed by atoms with Gasteiger partial charge in [-0.05, 0) is 32.1 Å². The summed E-state index contributed by atoms with van der Waals surface area (Å²) in [5.74, 6) is 0. The van der Waals surface area contributed by atoms with Crippen molar-refractivity contribution in [1.29, 1.82) is 0 Å². The van der Waals surface area contributed by atoms with Crippen LogP contribution in [0.15, 0.2) is 6.07 Å². The van der Waals surface area contributed by atoms with Gasteiger partial charge < -0.3 is 9.64 Å². The SMILES string of the molecule is CCN(CC)c1sc([N+](=O)[O-])cc1C(C)OC. The minimum Gasteiger partial charge on any atom is -0.377 e. The fourth-order valence-electron chi connectivity index (χ4n) is 1.65. The fraction of sp³-hybridized carbons (Fsp3) is 0.636. The number of hydrogen-bond acceptors (Lipinski definition) is 5. The zero-order valence-corrected chi connectivity index (χ0v) is 11.4. The van der Waals surface area contributed by atoms with Crippen molar-refractivity contribution < 1.29 is 9.66 Å². The van der Waals surface area contributed by atoms with Gasteiger partial charge in [0.05, 0.1) is 11.0 Å². The molecular formula is C11H18N2O3S. The first-order valence-electron chi connectivity index (χ1n) is 5.60. The Bertz CT molecular complexity index is 388. The first-order chi connectivity index (χ1) is 8.04. The van der Waals surface area contributed by atoms with Crippen molar-refractivity contribution in [1.82, 2.24) is 0 Å². The molecule has 0 aliphatic carbocycles. The highest BCUT2D eigenvalue weighted by molar-refractivity contribution is 7.19. The van der Waals surface area contributed by atoms with Crippen LogP contribution in [0, 0.1) is 10.1 Å². The van der Waals surface area contributed by atoms with Gasteiger partial charge in [0.2, 0.25) is 0 Å². The number of methoxy groups -OCH3 is 1. The first kappa shape index (κ1) is 13.9. The van der Waals surface area contributed by atoms with Gasteiger partial charge in [-0.1, -0.05) is 0 Å². The molecule has 0 fully saturated rings. The van der Waals surface area contributed by atoms with Crippen LogP contribution in [0.3, 0.4) is 0 Å². The lowest BCUT2D eigenvalue weighted by Crippen LogP contribution is -2.22. The van der Waals surface area contributed by atoms with Gasteiger partial charge in [0.25, 0.3) is 0 Å². The number of hydrogen-bond donors (Lipinski definition) is 0. The van der Waals surface area contributed by atoms with Gasteiger partial charge >= 0.3 is 5.00 Å². The van der Waals surface area contributed by atoms with Crippen LogP contribution < -0.4 is 4.90 Å². The highest BCUT2D eigenvalue weighted by Gasteiger charge is 2.23. The fourth-order valence-corrected chi connectivity index (χ4v) is 2.84. The number of nitrogens with zero attached hydrogens (tertiary/aromatic N) is 2. The summed E-state index contributed by atoms with van der Waals surface area (Å²) in [5.41, 5.74) is 0.896. The predicted molar refractivity (Wildman–Crippen MR) is 70.0 cm³/mol. The maximum atomic E-state index is 10.8. The van der Waals surface area contributed by atoms with Gasteiger partial charge in [-0.3, -0.25) is 10.1 Å². The van der Waals surface area contributed by atoms with Gasteiger partial charge in [-0.25, -0.2) is 0 Å². The average molecular weight is 258 g/mol. The molecule has 1 unspecified atom stereocenters. The molecule has 0 saturated heterocycles.